The zero-order valence-electron chi connectivity index (χ0n) is 5.91. The predicted octanol–water partition coefficient (Wildman–Crippen LogP) is 0.922. The largest absolute Gasteiger partial charge is 0.480 e. The summed E-state index contributed by atoms with van der Waals surface area (Å²) in [7, 11) is 0. The number of rotatable bonds is 4. The fraction of sp³-hybridized carbons (Fsp3) is 0.286. The average molecular weight is 171 g/mol. The Morgan fingerprint density at radius 3 is 3.09 bits per heavy atom. The molecule has 60 valence electrons. The predicted molar refractivity (Wildman–Crippen MR) is 43.7 cm³/mol. The maximum absolute atomic E-state index is 10.1. The van der Waals surface area contributed by atoms with E-state index in [0.29, 0.717) is 6.54 Å². The Morgan fingerprint density at radius 1 is 1.73 bits per heavy atom. The van der Waals surface area contributed by atoms with Crippen LogP contribution in [-0.2, 0) is 11.3 Å². The summed E-state index contributed by atoms with van der Waals surface area (Å²) in [6.45, 7) is 0.669. The van der Waals surface area contributed by atoms with Crippen molar-refractivity contribution in [1.82, 2.24) is 5.32 Å². The van der Waals surface area contributed by atoms with Crippen LogP contribution in [0, 0.1) is 0 Å². The Morgan fingerprint density at radius 2 is 2.55 bits per heavy atom. The molecular weight excluding hydrogens is 162 g/mol. The smallest absolute Gasteiger partial charge is 0.317 e. The van der Waals surface area contributed by atoms with E-state index in [-0.39, 0.29) is 6.54 Å². The van der Waals surface area contributed by atoms with Gasteiger partial charge in [-0.1, -0.05) is 6.07 Å². The van der Waals surface area contributed by atoms with Gasteiger partial charge in [0.15, 0.2) is 0 Å². The lowest BCUT2D eigenvalue weighted by Crippen LogP contribution is -2.21. The molecule has 0 atom stereocenters. The topological polar surface area (TPSA) is 49.3 Å². The Labute approximate surface area is 68.7 Å². The Bertz CT molecular complexity index is 220. The summed E-state index contributed by atoms with van der Waals surface area (Å²) in [6.07, 6.45) is 0. The number of carboxylic acids is 1. The van der Waals surface area contributed by atoms with Crippen molar-refractivity contribution in [3.05, 3.63) is 22.4 Å². The minimum Gasteiger partial charge on any atom is -0.480 e. The molecule has 1 rings (SSSR count). The summed E-state index contributed by atoms with van der Waals surface area (Å²) in [6, 6.07) is 3.92. The van der Waals surface area contributed by atoms with Gasteiger partial charge in [0.2, 0.25) is 0 Å². The van der Waals surface area contributed by atoms with Gasteiger partial charge in [-0.15, -0.1) is 11.3 Å². The van der Waals surface area contributed by atoms with Gasteiger partial charge >= 0.3 is 5.97 Å². The van der Waals surface area contributed by atoms with Crippen LogP contribution in [-0.4, -0.2) is 17.6 Å². The second-order valence-electron chi connectivity index (χ2n) is 2.08. The van der Waals surface area contributed by atoms with E-state index in [4.69, 9.17) is 5.11 Å². The molecule has 0 unspecified atom stereocenters. The SMILES string of the molecule is O=C(O)CNCc1cccs1. The van der Waals surface area contributed by atoms with Crippen molar-refractivity contribution < 1.29 is 9.90 Å². The van der Waals surface area contributed by atoms with Gasteiger partial charge in [-0.3, -0.25) is 4.79 Å². The van der Waals surface area contributed by atoms with Crippen molar-refractivity contribution in [3.8, 4) is 0 Å². The van der Waals surface area contributed by atoms with Gasteiger partial charge in [-0.05, 0) is 11.4 Å². The first kappa shape index (κ1) is 8.23. The number of carbonyl (C=O) groups is 1. The van der Waals surface area contributed by atoms with E-state index in [2.05, 4.69) is 5.32 Å². The van der Waals surface area contributed by atoms with Crippen molar-refractivity contribution in [2.24, 2.45) is 0 Å². The van der Waals surface area contributed by atoms with Gasteiger partial charge in [-0.25, -0.2) is 0 Å². The maximum Gasteiger partial charge on any atom is 0.317 e. The van der Waals surface area contributed by atoms with Crippen molar-refractivity contribution in [1.29, 1.82) is 0 Å². The number of nitrogens with one attached hydrogen (secondary N) is 1. The molecule has 1 heterocycles. The van der Waals surface area contributed by atoms with Gasteiger partial charge < -0.3 is 10.4 Å². The molecule has 0 fully saturated rings. The first-order valence-corrected chi connectivity index (χ1v) is 4.12. The number of carboxylic acid groups (broad SMARTS) is 1. The average Bonchev–Trinajstić information content (AvgIpc) is 2.39. The third-order valence-corrected chi connectivity index (χ3v) is 2.03. The van der Waals surface area contributed by atoms with Crippen LogP contribution in [0.4, 0.5) is 0 Å². The summed E-state index contributed by atoms with van der Waals surface area (Å²) in [5, 5.41) is 13.1. The molecule has 11 heavy (non-hydrogen) atoms. The molecule has 0 aliphatic heterocycles. The lowest BCUT2D eigenvalue weighted by molar-refractivity contribution is -0.135. The first-order valence-electron chi connectivity index (χ1n) is 3.24. The molecule has 0 aliphatic carbocycles. The Kier molecular flexibility index (Phi) is 3.07. The highest BCUT2D eigenvalue weighted by atomic mass is 32.1. The molecule has 0 radical (unpaired) electrons. The van der Waals surface area contributed by atoms with Crippen LogP contribution in [0.25, 0.3) is 0 Å². The molecule has 0 aromatic carbocycles. The summed E-state index contributed by atoms with van der Waals surface area (Å²) in [5.41, 5.74) is 0. The van der Waals surface area contributed by atoms with Crippen LogP contribution in [0.15, 0.2) is 17.5 Å². The molecule has 0 aliphatic rings. The lowest BCUT2D eigenvalue weighted by atomic mass is 10.4. The second kappa shape index (κ2) is 4.10. The van der Waals surface area contributed by atoms with Crippen molar-refractivity contribution in [2.75, 3.05) is 6.54 Å². The molecule has 0 saturated carbocycles. The van der Waals surface area contributed by atoms with Gasteiger partial charge in [0, 0.05) is 11.4 Å². The van der Waals surface area contributed by atoms with Gasteiger partial charge in [0.25, 0.3) is 0 Å². The number of thiophene rings is 1. The van der Waals surface area contributed by atoms with E-state index in [0.717, 1.165) is 4.88 Å². The molecule has 0 amide bonds. The fourth-order valence-corrected chi connectivity index (χ4v) is 1.38. The number of aliphatic carboxylic acids is 1. The second-order valence-corrected chi connectivity index (χ2v) is 3.11. The molecule has 1 aromatic heterocycles. The van der Waals surface area contributed by atoms with Crippen LogP contribution < -0.4 is 5.32 Å². The third-order valence-electron chi connectivity index (χ3n) is 1.16. The first-order chi connectivity index (χ1) is 5.29. The number of hydrogen-bond donors (Lipinski definition) is 2. The van der Waals surface area contributed by atoms with E-state index >= 15 is 0 Å². The van der Waals surface area contributed by atoms with Crippen LogP contribution in [0.1, 0.15) is 4.88 Å². The van der Waals surface area contributed by atoms with Gasteiger partial charge in [-0.2, -0.15) is 0 Å². The molecule has 0 spiro atoms. The molecular formula is C7H9NO2S. The number of hydrogen-bond acceptors (Lipinski definition) is 3. The molecule has 4 heteroatoms. The zero-order valence-corrected chi connectivity index (χ0v) is 6.73. The van der Waals surface area contributed by atoms with Gasteiger partial charge in [0.1, 0.15) is 0 Å². The normalized spacial score (nSPS) is 9.82. The van der Waals surface area contributed by atoms with Crippen LogP contribution in [0.2, 0.25) is 0 Å². The van der Waals surface area contributed by atoms with Crippen LogP contribution >= 0.6 is 11.3 Å². The minimum atomic E-state index is -0.818. The van der Waals surface area contributed by atoms with Crippen LogP contribution in [0.5, 0.6) is 0 Å². The highest BCUT2D eigenvalue weighted by Gasteiger charge is 1.95. The Balaban J connectivity index is 2.19. The highest BCUT2D eigenvalue weighted by molar-refractivity contribution is 7.09. The monoisotopic (exact) mass is 171 g/mol. The van der Waals surface area contributed by atoms with Crippen molar-refractivity contribution in [3.63, 3.8) is 0 Å². The molecule has 0 bridgehead atoms. The van der Waals surface area contributed by atoms with Gasteiger partial charge in [0.05, 0.1) is 6.54 Å². The quantitative estimate of drug-likeness (QED) is 0.708. The third kappa shape index (κ3) is 3.15. The van der Waals surface area contributed by atoms with E-state index in [9.17, 15) is 4.79 Å². The minimum absolute atomic E-state index is 0.0257. The standard InChI is InChI=1S/C7H9NO2S/c9-7(10)5-8-4-6-2-1-3-11-6/h1-3,8H,4-5H2,(H,9,10). The van der Waals surface area contributed by atoms with E-state index in [1.54, 1.807) is 11.3 Å². The summed E-state index contributed by atoms with van der Waals surface area (Å²) in [5.74, 6) is -0.818. The molecule has 0 saturated heterocycles. The highest BCUT2D eigenvalue weighted by Crippen LogP contribution is 2.06. The lowest BCUT2D eigenvalue weighted by Gasteiger charge is -1.96. The molecule has 1 aromatic rings. The summed E-state index contributed by atoms with van der Waals surface area (Å²) in [4.78, 5) is 11.2. The van der Waals surface area contributed by atoms with E-state index in [1.807, 2.05) is 17.5 Å². The molecule has 3 nitrogen and oxygen atoms in total. The van der Waals surface area contributed by atoms with Crippen molar-refractivity contribution >= 4 is 17.3 Å². The Hall–Kier alpha value is -0.870. The molecule has 2 N–H and O–H groups in total. The fourth-order valence-electron chi connectivity index (χ4n) is 0.706. The van der Waals surface area contributed by atoms with E-state index < -0.39 is 5.97 Å². The van der Waals surface area contributed by atoms with E-state index in [1.165, 1.54) is 0 Å². The maximum atomic E-state index is 10.1. The zero-order chi connectivity index (χ0) is 8.10. The van der Waals surface area contributed by atoms with Crippen molar-refractivity contribution in [2.45, 2.75) is 6.54 Å². The summed E-state index contributed by atoms with van der Waals surface area (Å²) >= 11 is 1.62. The van der Waals surface area contributed by atoms with Crippen LogP contribution in [0.3, 0.4) is 0 Å². The summed E-state index contributed by atoms with van der Waals surface area (Å²) < 4.78 is 0.